The molecule has 0 bridgehead atoms. The third kappa shape index (κ3) is 2.26. The van der Waals surface area contributed by atoms with E-state index in [1.54, 1.807) is 11.4 Å². The fourth-order valence-corrected chi connectivity index (χ4v) is 3.20. The predicted molar refractivity (Wildman–Crippen MR) is 71.4 cm³/mol. The molecule has 6 heteroatoms. The molecule has 0 radical (unpaired) electrons. The van der Waals surface area contributed by atoms with Crippen molar-refractivity contribution in [2.24, 2.45) is 16.9 Å². The largest absolute Gasteiger partial charge is 0.366 e. The van der Waals surface area contributed by atoms with E-state index >= 15 is 0 Å². The van der Waals surface area contributed by atoms with Gasteiger partial charge in [0.15, 0.2) is 0 Å². The quantitative estimate of drug-likeness (QED) is 0.767. The highest BCUT2D eigenvalue weighted by molar-refractivity contribution is 7.14. The molecular formula is C12H17N3O2S. The van der Waals surface area contributed by atoms with E-state index in [0.29, 0.717) is 17.1 Å². The monoisotopic (exact) mass is 267 g/mol. The molecule has 1 aliphatic carbocycles. The number of nitrogens with two attached hydrogens (primary N) is 2. The Morgan fingerprint density at radius 3 is 2.61 bits per heavy atom. The predicted octanol–water partition coefficient (Wildman–Crippen LogP) is 1.30. The van der Waals surface area contributed by atoms with Gasteiger partial charge in [-0.05, 0) is 24.3 Å². The fourth-order valence-electron chi connectivity index (χ4n) is 2.41. The number of rotatable bonds is 4. The van der Waals surface area contributed by atoms with E-state index in [-0.39, 0.29) is 5.91 Å². The minimum absolute atomic E-state index is 0.0903. The standard InChI is InChI=1S/C12H17N3O2S/c13-7-12(4-1-2-5-12)11(17)15-10-8(9(14)16)3-6-18-10/h3,6H,1-2,4-5,7,13H2,(H2,14,16)(H,15,17). The second kappa shape index (κ2) is 5.07. The molecule has 1 fully saturated rings. The van der Waals surface area contributed by atoms with Gasteiger partial charge in [-0.25, -0.2) is 0 Å². The zero-order valence-corrected chi connectivity index (χ0v) is 10.9. The van der Waals surface area contributed by atoms with Crippen LogP contribution in [0, 0.1) is 5.41 Å². The summed E-state index contributed by atoms with van der Waals surface area (Å²) in [5.74, 6) is -0.618. The Morgan fingerprint density at radius 1 is 1.39 bits per heavy atom. The van der Waals surface area contributed by atoms with Crippen LogP contribution in [0.25, 0.3) is 0 Å². The number of anilines is 1. The average molecular weight is 267 g/mol. The lowest BCUT2D eigenvalue weighted by atomic mass is 9.85. The molecule has 0 atom stereocenters. The van der Waals surface area contributed by atoms with Gasteiger partial charge in [0.1, 0.15) is 5.00 Å². The van der Waals surface area contributed by atoms with Crippen LogP contribution in [0.5, 0.6) is 0 Å². The zero-order chi connectivity index (χ0) is 13.2. The van der Waals surface area contributed by atoms with Crippen LogP contribution in [0.4, 0.5) is 5.00 Å². The van der Waals surface area contributed by atoms with Crippen LogP contribution in [0.15, 0.2) is 11.4 Å². The van der Waals surface area contributed by atoms with Gasteiger partial charge < -0.3 is 16.8 Å². The van der Waals surface area contributed by atoms with Gasteiger partial charge in [-0.2, -0.15) is 0 Å². The van der Waals surface area contributed by atoms with Crippen molar-refractivity contribution < 1.29 is 9.59 Å². The third-order valence-electron chi connectivity index (χ3n) is 3.59. The number of amides is 2. The van der Waals surface area contributed by atoms with Gasteiger partial charge in [-0.15, -0.1) is 11.3 Å². The number of thiophene rings is 1. The molecule has 18 heavy (non-hydrogen) atoms. The normalized spacial score (nSPS) is 17.6. The summed E-state index contributed by atoms with van der Waals surface area (Å²) >= 11 is 1.30. The second-order valence-corrected chi connectivity index (χ2v) is 5.59. The molecule has 1 aromatic rings. The van der Waals surface area contributed by atoms with E-state index in [9.17, 15) is 9.59 Å². The minimum Gasteiger partial charge on any atom is -0.366 e. The first-order chi connectivity index (χ1) is 8.59. The van der Waals surface area contributed by atoms with Crippen LogP contribution in [0.3, 0.4) is 0 Å². The lowest BCUT2D eigenvalue weighted by Crippen LogP contribution is -2.40. The summed E-state index contributed by atoms with van der Waals surface area (Å²) in [5.41, 5.74) is 10.9. The highest BCUT2D eigenvalue weighted by Crippen LogP contribution is 2.38. The maximum Gasteiger partial charge on any atom is 0.251 e. The first-order valence-corrected chi connectivity index (χ1v) is 6.86. The second-order valence-electron chi connectivity index (χ2n) is 4.67. The first-order valence-electron chi connectivity index (χ1n) is 5.98. The summed E-state index contributed by atoms with van der Waals surface area (Å²) in [6.07, 6.45) is 3.68. The maximum atomic E-state index is 12.3. The number of hydrogen-bond acceptors (Lipinski definition) is 4. The van der Waals surface area contributed by atoms with E-state index < -0.39 is 11.3 Å². The fraction of sp³-hybridized carbons (Fsp3) is 0.500. The Balaban J connectivity index is 2.16. The summed E-state index contributed by atoms with van der Waals surface area (Å²) in [4.78, 5) is 23.5. The Bertz CT molecular complexity index is 464. The number of hydrogen-bond donors (Lipinski definition) is 3. The lowest BCUT2D eigenvalue weighted by molar-refractivity contribution is -0.124. The van der Waals surface area contributed by atoms with Crippen molar-refractivity contribution >= 4 is 28.2 Å². The molecule has 0 aromatic carbocycles. The van der Waals surface area contributed by atoms with Crippen molar-refractivity contribution in [3.8, 4) is 0 Å². The molecule has 5 nitrogen and oxygen atoms in total. The molecule has 98 valence electrons. The Morgan fingerprint density at radius 2 is 2.06 bits per heavy atom. The van der Waals surface area contributed by atoms with Crippen molar-refractivity contribution in [3.63, 3.8) is 0 Å². The van der Waals surface area contributed by atoms with Gasteiger partial charge in [-0.1, -0.05) is 12.8 Å². The zero-order valence-electron chi connectivity index (χ0n) is 10.1. The molecule has 2 amide bonds. The molecular weight excluding hydrogens is 250 g/mol. The van der Waals surface area contributed by atoms with Crippen molar-refractivity contribution in [1.29, 1.82) is 0 Å². The van der Waals surface area contributed by atoms with Crippen LogP contribution < -0.4 is 16.8 Å². The Labute approximate surface area is 110 Å². The van der Waals surface area contributed by atoms with Gasteiger partial charge in [-0.3, -0.25) is 9.59 Å². The maximum absolute atomic E-state index is 12.3. The number of carbonyl (C=O) groups excluding carboxylic acids is 2. The van der Waals surface area contributed by atoms with Crippen molar-refractivity contribution in [1.82, 2.24) is 0 Å². The Hall–Kier alpha value is -1.40. The number of nitrogens with one attached hydrogen (secondary N) is 1. The van der Waals surface area contributed by atoms with Gasteiger partial charge in [0.05, 0.1) is 11.0 Å². The molecule has 0 unspecified atom stereocenters. The van der Waals surface area contributed by atoms with Crippen molar-refractivity contribution in [2.75, 3.05) is 11.9 Å². The first kappa shape index (κ1) is 13.0. The topological polar surface area (TPSA) is 98.2 Å². The van der Waals surface area contributed by atoms with Crippen LogP contribution in [-0.2, 0) is 4.79 Å². The molecule has 1 saturated carbocycles. The molecule has 1 aromatic heterocycles. The molecule has 0 aliphatic heterocycles. The SMILES string of the molecule is NCC1(C(=O)Nc2sccc2C(N)=O)CCCC1. The summed E-state index contributed by atoms with van der Waals surface area (Å²) in [6.45, 7) is 0.343. The smallest absolute Gasteiger partial charge is 0.251 e. The van der Waals surface area contributed by atoms with Crippen LogP contribution >= 0.6 is 11.3 Å². The van der Waals surface area contributed by atoms with Crippen LogP contribution in [-0.4, -0.2) is 18.4 Å². The number of carbonyl (C=O) groups is 2. The number of primary amides is 1. The molecule has 1 aliphatic rings. The molecule has 5 N–H and O–H groups in total. The molecule has 0 spiro atoms. The van der Waals surface area contributed by atoms with E-state index in [1.165, 1.54) is 11.3 Å². The van der Waals surface area contributed by atoms with Gasteiger partial charge >= 0.3 is 0 Å². The third-order valence-corrected chi connectivity index (χ3v) is 4.42. The summed E-state index contributed by atoms with van der Waals surface area (Å²) in [7, 11) is 0. The van der Waals surface area contributed by atoms with Crippen molar-refractivity contribution in [2.45, 2.75) is 25.7 Å². The van der Waals surface area contributed by atoms with Gasteiger partial charge in [0, 0.05) is 6.54 Å². The van der Waals surface area contributed by atoms with Crippen LogP contribution in [0.2, 0.25) is 0 Å². The Kier molecular flexibility index (Phi) is 3.68. The van der Waals surface area contributed by atoms with Crippen LogP contribution in [0.1, 0.15) is 36.0 Å². The van der Waals surface area contributed by atoms with E-state index in [1.807, 2.05) is 0 Å². The minimum atomic E-state index is -0.528. The summed E-state index contributed by atoms with van der Waals surface area (Å²) in [5, 5.41) is 5.06. The highest BCUT2D eigenvalue weighted by Gasteiger charge is 2.40. The van der Waals surface area contributed by atoms with E-state index in [4.69, 9.17) is 11.5 Å². The highest BCUT2D eigenvalue weighted by atomic mass is 32.1. The lowest BCUT2D eigenvalue weighted by Gasteiger charge is -2.25. The molecule has 1 heterocycles. The molecule has 2 rings (SSSR count). The summed E-state index contributed by atoms with van der Waals surface area (Å²) in [6, 6.07) is 1.62. The summed E-state index contributed by atoms with van der Waals surface area (Å²) < 4.78 is 0. The average Bonchev–Trinajstić information content (AvgIpc) is 2.97. The van der Waals surface area contributed by atoms with E-state index in [0.717, 1.165) is 25.7 Å². The van der Waals surface area contributed by atoms with Crippen molar-refractivity contribution in [3.05, 3.63) is 17.0 Å². The van der Waals surface area contributed by atoms with Gasteiger partial charge in [0.25, 0.3) is 5.91 Å². The molecule has 0 saturated heterocycles. The van der Waals surface area contributed by atoms with E-state index in [2.05, 4.69) is 5.32 Å². The van der Waals surface area contributed by atoms with Gasteiger partial charge in [0.2, 0.25) is 5.91 Å².